The molecule has 3 aromatic heterocycles. The molecule has 0 unspecified atom stereocenters. The quantitative estimate of drug-likeness (QED) is 0.270. The highest BCUT2D eigenvalue weighted by atomic mass is 32.2. The maximum atomic E-state index is 13.9. The molecule has 12 heteroatoms. The fourth-order valence-corrected chi connectivity index (χ4v) is 5.47. The minimum atomic E-state index is -3.88. The second-order valence-electron chi connectivity index (χ2n) is 9.26. The highest BCUT2D eigenvalue weighted by Crippen LogP contribution is 2.37. The number of nitrogens with zero attached hydrogens (tertiary/aromatic N) is 6. The van der Waals surface area contributed by atoms with E-state index in [0.29, 0.717) is 34.4 Å². The number of aryl methyl sites for hydroxylation is 1. The van der Waals surface area contributed by atoms with Gasteiger partial charge in [-0.05, 0) is 57.5 Å². The lowest BCUT2D eigenvalue weighted by Gasteiger charge is -2.25. The summed E-state index contributed by atoms with van der Waals surface area (Å²) in [5.41, 5.74) is 1.98. The molecule has 4 rings (SSSR count). The minimum absolute atomic E-state index is 0.177. The molecule has 0 aliphatic carbocycles. The Morgan fingerprint density at radius 3 is 2.15 bits per heavy atom. The van der Waals surface area contributed by atoms with E-state index < -0.39 is 26.9 Å². The van der Waals surface area contributed by atoms with Crippen molar-refractivity contribution in [2.75, 3.05) is 14.2 Å². The average molecular weight is 553 g/mol. The van der Waals surface area contributed by atoms with E-state index in [1.165, 1.54) is 14.2 Å². The molecule has 0 bridgehead atoms. The van der Waals surface area contributed by atoms with Crippen LogP contribution in [-0.2, 0) is 20.3 Å². The van der Waals surface area contributed by atoms with Crippen molar-refractivity contribution in [3.63, 3.8) is 0 Å². The summed E-state index contributed by atoms with van der Waals surface area (Å²) in [5, 5.41) is 7.68. The maximum absolute atomic E-state index is 13.9. The van der Waals surface area contributed by atoms with Gasteiger partial charge in [0.2, 0.25) is 0 Å². The highest BCUT2D eigenvalue weighted by Gasteiger charge is 2.36. The monoisotopic (exact) mass is 552 g/mol. The van der Waals surface area contributed by atoms with E-state index in [0.717, 1.165) is 5.56 Å². The molecule has 0 saturated heterocycles. The van der Waals surface area contributed by atoms with Gasteiger partial charge in [0.25, 0.3) is 0 Å². The standard InChI is InChI=1S/C27H32N6O5S/c1-17(2)38-25(26-29-13-18(3)14-30-26)19(4)39(34,35)16-23-31-32-27(20-9-8-12-28-15-20)33(23)24-21(36-5)10-7-11-22(24)37-6/h7-15,17,19,25H,16H2,1-6H3/t19-,25+/m1/s1. The molecule has 39 heavy (non-hydrogen) atoms. The van der Waals surface area contributed by atoms with Gasteiger partial charge in [-0.1, -0.05) is 6.07 Å². The number of hydrogen-bond donors (Lipinski definition) is 0. The highest BCUT2D eigenvalue weighted by molar-refractivity contribution is 7.91. The fraction of sp³-hybridized carbons (Fsp3) is 0.370. The predicted octanol–water partition coefficient (Wildman–Crippen LogP) is 3.91. The van der Waals surface area contributed by atoms with Gasteiger partial charge in [0.15, 0.2) is 27.3 Å². The van der Waals surface area contributed by atoms with Crippen molar-refractivity contribution in [2.45, 2.75) is 50.9 Å². The fourth-order valence-electron chi connectivity index (χ4n) is 4.10. The molecule has 11 nitrogen and oxygen atoms in total. The number of sulfone groups is 1. The Bertz CT molecular complexity index is 1490. The molecule has 2 atom stereocenters. The van der Waals surface area contributed by atoms with Gasteiger partial charge < -0.3 is 14.2 Å². The van der Waals surface area contributed by atoms with E-state index in [1.807, 2.05) is 26.8 Å². The summed E-state index contributed by atoms with van der Waals surface area (Å²) in [4.78, 5) is 12.9. The smallest absolute Gasteiger partial charge is 0.170 e. The van der Waals surface area contributed by atoms with Gasteiger partial charge in [0.1, 0.15) is 29.0 Å². The Balaban J connectivity index is 1.83. The number of ether oxygens (including phenoxy) is 3. The van der Waals surface area contributed by atoms with Crippen LogP contribution in [0, 0.1) is 6.92 Å². The third-order valence-corrected chi connectivity index (χ3v) is 8.11. The third kappa shape index (κ3) is 6.07. The summed E-state index contributed by atoms with van der Waals surface area (Å²) in [6.45, 7) is 7.13. The Morgan fingerprint density at radius 1 is 0.923 bits per heavy atom. The Morgan fingerprint density at radius 2 is 1.59 bits per heavy atom. The number of aromatic nitrogens is 6. The molecule has 0 aliphatic rings. The van der Waals surface area contributed by atoms with Gasteiger partial charge in [-0.15, -0.1) is 10.2 Å². The summed E-state index contributed by atoms with van der Waals surface area (Å²) >= 11 is 0. The van der Waals surface area contributed by atoms with Gasteiger partial charge in [-0.2, -0.15) is 0 Å². The molecule has 1 aromatic carbocycles. The van der Waals surface area contributed by atoms with Gasteiger partial charge >= 0.3 is 0 Å². The molecule has 0 fully saturated rings. The lowest BCUT2D eigenvalue weighted by atomic mass is 10.2. The largest absolute Gasteiger partial charge is 0.494 e. The summed E-state index contributed by atoms with van der Waals surface area (Å²) in [5.74, 6) is 1.35. The van der Waals surface area contributed by atoms with Crippen LogP contribution in [0.4, 0.5) is 0 Å². The first-order valence-corrected chi connectivity index (χ1v) is 14.1. The van der Waals surface area contributed by atoms with Crippen molar-refractivity contribution in [2.24, 2.45) is 0 Å². The Hall–Kier alpha value is -3.90. The number of methoxy groups -OCH3 is 2. The first-order chi connectivity index (χ1) is 18.7. The van der Waals surface area contributed by atoms with Crippen LogP contribution in [0.5, 0.6) is 11.5 Å². The first kappa shape index (κ1) is 28.1. The van der Waals surface area contributed by atoms with E-state index in [1.54, 1.807) is 60.5 Å². The Kier molecular flexibility index (Phi) is 8.56. The lowest BCUT2D eigenvalue weighted by Crippen LogP contribution is -2.32. The molecule has 206 valence electrons. The summed E-state index contributed by atoms with van der Waals surface area (Å²) in [7, 11) is -0.824. The number of rotatable bonds is 11. The van der Waals surface area contributed by atoms with Crippen molar-refractivity contribution in [1.82, 2.24) is 29.7 Å². The van der Waals surface area contributed by atoms with Crippen molar-refractivity contribution in [3.05, 3.63) is 72.3 Å². The molecule has 0 aliphatic heterocycles. The zero-order valence-corrected chi connectivity index (χ0v) is 23.6. The molecule has 0 N–H and O–H groups in total. The van der Waals surface area contributed by atoms with Gasteiger partial charge in [0, 0.05) is 30.4 Å². The van der Waals surface area contributed by atoms with E-state index in [4.69, 9.17) is 14.2 Å². The second kappa shape index (κ2) is 11.9. The number of benzene rings is 1. The summed E-state index contributed by atoms with van der Waals surface area (Å²) in [6, 6.07) is 8.88. The molecule has 4 aromatic rings. The molecule has 0 amide bonds. The molecular formula is C27H32N6O5S. The number of para-hydroxylation sites is 1. The molecule has 0 radical (unpaired) electrons. The van der Waals surface area contributed by atoms with Crippen molar-refractivity contribution in [1.29, 1.82) is 0 Å². The Labute approximate surface area is 228 Å². The predicted molar refractivity (Wildman–Crippen MR) is 146 cm³/mol. The van der Waals surface area contributed by atoms with Gasteiger partial charge in [0.05, 0.1) is 25.6 Å². The van der Waals surface area contributed by atoms with Crippen molar-refractivity contribution in [3.8, 4) is 28.6 Å². The van der Waals surface area contributed by atoms with E-state index in [2.05, 4.69) is 25.1 Å². The second-order valence-corrected chi connectivity index (χ2v) is 11.6. The molecule has 0 saturated carbocycles. The van der Waals surface area contributed by atoms with Crippen molar-refractivity contribution >= 4 is 9.84 Å². The zero-order valence-electron chi connectivity index (χ0n) is 22.8. The number of pyridine rings is 1. The van der Waals surface area contributed by atoms with Crippen LogP contribution in [0.3, 0.4) is 0 Å². The van der Waals surface area contributed by atoms with Crippen LogP contribution in [-0.4, -0.2) is 63.7 Å². The van der Waals surface area contributed by atoms with Crippen LogP contribution in [0.15, 0.2) is 55.1 Å². The van der Waals surface area contributed by atoms with Gasteiger partial charge in [-0.25, -0.2) is 18.4 Å². The summed E-state index contributed by atoms with van der Waals surface area (Å²) in [6.07, 6.45) is 5.42. The molecule has 0 spiro atoms. The molecular weight excluding hydrogens is 520 g/mol. The SMILES string of the molecule is COc1cccc(OC)c1-n1c(CS(=O)(=O)[C@H](C)[C@H](OC(C)C)c2ncc(C)cn2)nnc1-c1cccnc1. The van der Waals surface area contributed by atoms with E-state index in [-0.39, 0.29) is 11.9 Å². The summed E-state index contributed by atoms with van der Waals surface area (Å²) < 4.78 is 46.7. The lowest BCUT2D eigenvalue weighted by molar-refractivity contribution is 0.00141. The molecule has 3 heterocycles. The minimum Gasteiger partial charge on any atom is -0.494 e. The maximum Gasteiger partial charge on any atom is 0.170 e. The van der Waals surface area contributed by atoms with E-state index in [9.17, 15) is 8.42 Å². The van der Waals surface area contributed by atoms with Crippen LogP contribution in [0.1, 0.15) is 44.1 Å². The topological polar surface area (TPSA) is 131 Å². The van der Waals surface area contributed by atoms with Gasteiger partial charge in [-0.3, -0.25) is 9.55 Å². The van der Waals surface area contributed by atoms with Crippen LogP contribution in [0.25, 0.3) is 17.1 Å². The van der Waals surface area contributed by atoms with Crippen LogP contribution in [0.2, 0.25) is 0 Å². The average Bonchev–Trinajstić information content (AvgIpc) is 3.33. The first-order valence-electron chi connectivity index (χ1n) is 12.4. The van der Waals surface area contributed by atoms with Crippen LogP contribution >= 0.6 is 0 Å². The number of hydrogen-bond acceptors (Lipinski definition) is 10. The third-order valence-electron chi connectivity index (χ3n) is 6.07. The van der Waals surface area contributed by atoms with Crippen molar-refractivity contribution < 1.29 is 22.6 Å². The zero-order chi connectivity index (χ0) is 28.2. The van der Waals surface area contributed by atoms with Crippen LogP contribution < -0.4 is 9.47 Å². The normalized spacial score (nSPS) is 13.3. The van der Waals surface area contributed by atoms with E-state index >= 15 is 0 Å².